The number of rotatable bonds is 3. The highest BCUT2D eigenvalue weighted by Gasteiger charge is 2.24. The molecule has 2 heterocycles. The quantitative estimate of drug-likeness (QED) is 0.906. The Morgan fingerprint density at radius 1 is 1.42 bits per heavy atom. The first-order valence-corrected chi connectivity index (χ1v) is 7.46. The summed E-state index contributed by atoms with van der Waals surface area (Å²) >= 11 is 0. The summed E-state index contributed by atoms with van der Waals surface area (Å²) in [5.41, 5.74) is 2.30. The molecule has 1 aliphatic rings. The lowest BCUT2D eigenvalue weighted by molar-refractivity contribution is 0.182. The van der Waals surface area contributed by atoms with Gasteiger partial charge in [-0.25, -0.2) is 0 Å². The molecule has 1 aromatic rings. The molecule has 0 amide bonds. The monoisotopic (exact) mass is 261 g/mol. The fourth-order valence-corrected chi connectivity index (χ4v) is 2.72. The molecule has 0 aromatic carbocycles. The fourth-order valence-electron chi connectivity index (χ4n) is 2.72. The lowest BCUT2D eigenvalue weighted by Gasteiger charge is -2.30. The van der Waals surface area contributed by atoms with Gasteiger partial charge in [-0.15, -0.1) is 0 Å². The van der Waals surface area contributed by atoms with Gasteiger partial charge in [0.05, 0.1) is 5.69 Å². The molecule has 2 atom stereocenters. The fraction of sp³-hybridized carbons (Fsp3) is 0.688. The van der Waals surface area contributed by atoms with E-state index < -0.39 is 0 Å². The maximum absolute atomic E-state index is 4.64. The van der Waals surface area contributed by atoms with Gasteiger partial charge in [-0.1, -0.05) is 19.9 Å². The molecule has 3 heteroatoms. The summed E-state index contributed by atoms with van der Waals surface area (Å²) in [5.74, 6) is 0.679. The van der Waals surface area contributed by atoms with E-state index in [9.17, 15) is 0 Å². The van der Waals surface area contributed by atoms with Crippen LogP contribution >= 0.6 is 0 Å². The van der Waals surface area contributed by atoms with E-state index in [2.05, 4.69) is 61.1 Å². The Morgan fingerprint density at radius 3 is 2.89 bits per heavy atom. The number of pyridine rings is 1. The Balaban J connectivity index is 2.07. The first kappa shape index (κ1) is 14.5. The lowest BCUT2D eigenvalue weighted by Crippen LogP contribution is -2.42. The molecule has 0 spiro atoms. The number of hydrogen-bond acceptors (Lipinski definition) is 3. The van der Waals surface area contributed by atoms with Crippen LogP contribution in [0.15, 0.2) is 18.2 Å². The van der Waals surface area contributed by atoms with Gasteiger partial charge in [0.1, 0.15) is 0 Å². The number of nitrogens with zero attached hydrogens (tertiary/aromatic N) is 2. The van der Waals surface area contributed by atoms with Crippen LogP contribution in [0.1, 0.15) is 38.6 Å². The summed E-state index contributed by atoms with van der Waals surface area (Å²) in [6, 6.07) is 7.53. The van der Waals surface area contributed by atoms with Crippen molar-refractivity contribution in [1.82, 2.24) is 15.2 Å². The van der Waals surface area contributed by atoms with E-state index in [-0.39, 0.29) is 0 Å². The van der Waals surface area contributed by atoms with Gasteiger partial charge in [-0.3, -0.25) is 9.88 Å². The number of hydrogen-bond donors (Lipinski definition) is 1. The molecule has 2 unspecified atom stereocenters. The summed E-state index contributed by atoms with van der Waals surface area (Å²) in [7, 11) is 0. The molecular formula is C16H27N3. The first-order chi connectivity index (χ1) is 9.06. The van der Waals surface area contributed by atoms with E-state index >= 15 is 0 Å². The highest BCUT2D eigenvalue weighted by atomic mass is 15.2. The molecule has 0 radical (unpaired) electrons. The second-order valence-electron chi connectivity index (χ2n) is 6.14. The third kappa shape index (κ3) is 4.02. The van der Waals surface area contributed by atoms with Crippen molar-refractivity contribution in [2.24, 2.45) is 5.92 Å². The molecule has 0 bridgehead atoms. The van der Waals surface area contributed by atoms with Crippen LogP contribution in [0.2, 0.25) is 0 Å². The molecule has 0 aliphatic carbocycles. The van der Waals surface area contributed by atoms with Crippen molar-refractivity contribution in [2.75, 3.05) is 13.1 Å². The predicted octanol–water partition coefficient (Wildman–Crippen LogP) is 2.60. The van der Waals surface area contributed by atoms with Gasteiger partial charge in [-0.05, 0) is 44.9 Å². The number of nitrogens with one attached hydrogen (secondary N) is 1. The second-order valence-corrected chi connectivity index (χ2v) is 6.14. The van der Waals surface area contributed by atoms with Crippen molar-refractivity contribution in [3.05, 3.63) is 29.6 Å². The maximum Gasteiger partial charge on any atom is 0.0547 e. The molecule has 19 heavy (non-hydrogen) atoms. The molecule has 1 aromatic heterocycles. The van der Waals surface area contributed by atoms with E-state index in [1.807, 2.05) is 0 Å². The second kappa shape index (κ2) is 6.49. The van der Waals surface area contributed by atoms with Gasteiger partial charge in [0.15, 0.2) is 0 Å². The third-order valence-corrected chi connectivity index (χ3v) is 4.14. The standard InChI is InChI=1S/C16H27N3/c1-12(2)16-11-19(14(4)8-9-17-16)10-15-7-5-6-13(3)18-15/h5-7,12,14,16-17H,8-11H2,1-4H3. The van der Waals surface area contributed by atoms with Crippen LogP contribution in [0.5, 0.6) is 0 Å². The van der Waals surface area contributed by atoms with Gasteiger partial charge in [0, 0.05) is 30.9 Å². The Hall–Kier alpha value is -0.930. The smallest absolute Gasteiger partial charge is 0.0547 e. The van der Waals surface area contributed by atoms with Crippen LogP contribution in [0.4, 0.5) is 0 Å². The molecule has 1 N–H and O–H groups in total. The van der Waals surface area contributed by atoms with Gasteiger partial charge in [0.2, 0.25) is 0 Å². The van der Waals surface area contributed by atoms with Crippen molar-refractivity contribution in [3.63, 3.8) is 0 Å². The average molecular weight is 261 g/mol. The number of aryl methyl sites for hydroxylation is 1. The summed E-state index contributed by atoms with van der Waals surface area (Å²) in [6.07, 6.45) is 1.22. The maximum atomic E-state index is 4.64. The van der Waals surface area contributed by atoms with Crippen molar-refractivity contribution in [1.29, 1.82) is 0 Å². The van der Waals surface area contributed by atoms with Crippen LogP contribution in [0, 0.1) is 12.8 Å². The van der Waals surface area contributed by atoms with Crippen LogP contribution in [0.25, 0.3) is 0 Å². The van der Waals surface area contributed by atoms with Gasteiger partial charge >= 0.3 is 0 Å². The molecule has 1 fully saturated rings. The summed E-state index contributed by atoms with van der Waals surface area (Å²) < 4.78 is 0. The minimum atomic E-state index is 0.592. The van der Waals surface area contributed by atoms with E-state index in [4.69, 9.17) is 0 Å². The zero-order chi connectivity index (χ0) is 13.8. The summed E-state index contributed by atoms with van der Waals surface area (Å²) in [4.78, 5) is 7.22. The van der Waals surface area contributed by atoms with Crippen molar-refractivity contribution in [3.8, 4) is 0 Å². The van der Waals surface area contributed by atoms with E-state index in [1.165, 1.54) is 12.1 Å². The molecule has 106 valence electrons. The Morgan fingerprint density at radius 2 is 2.21 bits per heavy atom. The lowest BCUT2D eigenvalue weighted by atomic mass is 10.0. The minimum Gasteiger partial charge on any atom is -0.312 e. The topological polar surface area (TPSA) is 28.2 Å². The molecule has 1 aliphatic heterocycles. The predicted molar refractivity (Wildman–Crippen MR) is 80.1 cm³/mol. The van der Waals surface area contributed by atoms with E-state index in [0.717, 1.165) is 25.3 Å². The van der Waals surface area contributed by atoms with Gasteiger partial charge < -0.3 is 5.32 Å². The first-order valence-electron chi connectivity index (χ1n) is 7.46. The van der Waals surface area contributed by atoms with Crippen LogP contribution in [-0.2, 0) is 6.54 Å². The van der Waals surface area contributed by atoms with Crippen molar-refractivity contribution in [2.45, 2.75) is 52.7 Å². The zero-order valence-electron chi connectivity index (χ0n) is 12.7. The Bertz CT molecular complexity index is 403. The SMILES string of the molecule is Cc1cccc(CN2CC(C(C)C)NCCC2C)n1. The van der Waals surface area contributed by atoms with Gasteiger partial charge in [0.25, 0.3) is 0 Å². The summed E-state index contributed by atoms with van der Waals surface area (Å²) in [6.45, 7) is 12.2. The Kier molecular flexibility index (Phi) is 4.94. The molecule has 3 nitrogen and oxygen atoms in total. The van der Waals surface area contributed by atoms with Crippen LogP contribution in [0.3, 0.4) is 0 Å². The van der Waals surface area contributed by atoms with E-state index in [0.29, 0.717) is 18.0 Å². The molecule has 0 saturated carbocycles. The third-order valence-electron chi connectivity index (χ3n) is 4.14. The highest BCUT2D eigenvalue weighted by Crippen LogP contribution is 2.16. The molecular weight excluding hydrogens is 234 g/mol. The minimum absolute atomic E-state index is 0.592. The normalized spacial score (nSPS) is 25.5. The average Bonchev–Trinajstić information content (AvgIpc) is 2.52. The number of aromatic nitrogens is 1. The zero-order valence-corrected chi connectivity index (χ0v) is 12.7. The molecule has 1 saturated heterocycles. The van der Waals surface area contributed by atoms with E-state index in [1.54, 1.807) is 0 Å². The van der Waals surface area contributed by atoms with Crippen LogP contribution < -0.4 is 5.32 Å². The Labute approximate surface area is 117 Å². The van der Waals surface area contributed by atoms with Crippen molar-refractivity contribution < 1.29 is 0 Å². The van der Waals surface area contributed by atoms with Crippen molar-refractivity contribution >= 4 is 0 Å². The van der Waals surface area contributed by atoms with Crippen LogP contribution in [-0.4, -0.2) is 35.1 Å². The summed E-state index contributed by atoms with van der Waals surface area (Å²) in [5, 5.41) is 3.68. The highest BCUT2D eigenvalue weighted by molar-refractivity contribution is 5.10. The largest absolute Gasteiger partial charge is 0.312 e. The molecule has 2 rings (SSSR count). The van der Waals surface area contributed by atoms with Gasteiger partial charge in [-0.2, -0.15) is 0 Å².